The molecule has 69 heavy (non-hydrogen) atoms. The Morgan fingerprint density at radius 1 is 0.435 bits per heavy atom. The van der Waals surface area contributed by atoms with Crippen LogP contribution in [0, 0.1) is 0 Å². The SMILES string of the molecule is CCCCCC/C=C\C/C=C\CCCCCCCCCC(=O)OC(COC(=O)CCCCCCCCCCCCCCCCCCCCCCCCCCCCCCCC)COP(=O)(O)OCCN. The molecule has 2 unspecified atom stereocenters. The molecule has 408 valence electrons. The maximum atomic E-state index is 12.7. The Hall–Kier alpha value is -1.51. The third-order valence-corrected chi connectivity index (χ3v) is 14.3. The van der Waals surface area contributed by atoms with E-state index in [-0.39, 0.29) is 38.6 Å². The highest BCUT2D eigenvalue weighted by molar-refractivity contribution is 7.47. The monoisotopic (exact) mass is 996 g/mol. The Morgan fingerprint density at radius 3 is 1.12 bits per heavy atom. The van der Waals surface area contributed by atoms with Gasteiger partial charge in [0.15, 0.2) is 6.10 Å². The minimum absolute atomic E-state index is 0.0540. The van der Waals surface area contributed by atoms with Crippen molar-refractivity contribution in [2.75, 3.05) is 26.4 Å². The number of hydrogen-bond donors (Lipinski definition) is 2. The largest absolute Gasteiger partial charge is 0.472 e. The zero-order valence-electron chi connectivity index (χ0n) is 45.6. The summed E-state index contributed by atoms with van der Waals surface area (Å²) in [5, 5.41) is 0. The highest BCUT2D eigenvalue weighted by atomic mass is 31.2. The van der Waals surface area contributed by atoms with E-state index < -0.39 is 26.5 Å². The van der Waals surface area contributed by atoms with Crippen molar-refractivity contribution in [3.05, 3.63) is 24.3 Å². The van der Waals surface area contributed by atoms with Crippen molar-refractivity contribution in [3.63, 3.8) is 0 Å². The summed E-state index contributed by atoms with van der Waals surface area (Å²) in [5.41, 5.74) is 5.38. The minimum Gasteiger partial charge on any atom is -0.462 e. The van der Waals surface area contributed by atoms with Gasteiger partial charge in [-0.2, -0.15) is 0 Å². The molecule has 0 aromatic rings. The number of unbranched alkanes of at least 4 members (excludes halogenated alkanes) is 40. The van der Waals surface area contributed by atoms with E-state index in [1.807, 2.05) is 0 Å². The van der Waals surface area contributed by atoms with Gasteiger partial charge in [0.25, 0.3) is 0 Å². The van der Waals surface area contributed by atoms with Gasteiger partial charge in [-0.15, -0.1) is 0 Å². The van der Waals surface area contributed by atoms with Crippen LogP contribution in [0.5, 0.6) is 0 Å². The number of phosphoric acid groups is 1. The molecule has 0 spiro atoms. The van der Waals surface area contributed by atoms with Crippen molar-refractivity contribution < 1.29 is 37.6 Å². The smallest absolute Gasteiger partial charge is 0.462 e. The summed E-state index contributed by atoms with van der Waals surface area (Å²) >= 11 is 0. The highest BCUT2D eigenvalue weighted by Gasteiger charge is 2.26. The molecule has 2 atom stereocenters. The maximum absolute atomic E-state index is 12.7. The number of carbonyl (C=O) groups excluding carboxylic acids is 2. The standard InChI is InChI=1S/C59H114NO8P/c1-3-5-7-9-11-13-15-17-19-21-23-24-25-26-27-28-29-30-31-32-33-34-36-37-39-41-43-45-47-49-51-58(61)65-55-57(56-67-69(63,64)66-54-53-60)68-59(62)52-50-48-46-44-42-40-38-35-22-20-18-16-14-12-10-8-6-4-2/h14,16,20,22,57H,3-13,15,17-19,21,23-56,60H2,1-2H3,(H,63,64)/b16-14-,22-20-. The Bertz CT molecular complexity index is 1180. The van der Waals surface area contributed by atoms with Gasteiger partial charge >= 0.3 is 19.8 Å². The summed E-state index contributed by atoms with van der Waals surface area (Å²) in [4.78, 5) is 35.2. The van der Waals surface area contributed by atoms with E-state index in [9.17, 15) is 19.0 Å². The van der Waals surface area contributed by atoms with Gasteiger partial charge in [-0.05, 0) is 44.9 Å². The van der Waals surface area contributed by atoms with E-state index in [1.165, 1.54) is 225 Å². The fraction of sp³-hybridized carbons (Fsp3) is 0.898. The van der Waals surface area contributed by atoms with Gasteiger partial charge in [-0.1, -0.05) is 276 Å². The molecule has 0 aliphatic rings. The molecule has 0 bridgehead atoms. The second-order valence-electron chi connectivity index (χ2n) is 20.2. The van der Waals surface area contributed by atoms with Crippen LogP contribution in [0.4, 0.5) is 0 Å². The van der Waals surface area contributed by atoms with Gasteiger partial charge in [-0.3, -0.25) is 18.6 Å². The zero-order chi connectivity index (χ0) is 50.2. The third kappa shape index (κ3) is 55.7. The van der Waals surface area contributed by atoms with E-state index in [0.717, 1.165) is 51.4 Å². The van der Waals surface area contributed by atoms with Crippen LogP contribution in [0.1, 0.15) is 309 Å². The molecule has 10 heteroatoms. The normalized spacial score (nSPS) is 13.2. The number of hydrogen-bond acceptors (Lipinski definition) is 8. The summed E-state index contributed by atoms with van der Waals surface area (Å²) in [6, 6.07) is 0. The minimum atomic E-state index is -4.39. The van der Waals surface area contributed by atoms with Crippen LogP contribution in [-0.4, -0.2) is 49.3 Å². The van der Waals surface area contributed by atoms with Gasteiger partial charge in [0.05, 0.1) is 13.2 Å². The number of phosphoric ester groups is 1. The van der Waals surface area contributed by atoms with Crippen molar-refractivity contribution in [2.45, 2.75) is 315 Å². The highest BCUT2D eigenvalue weighted by Crippen LogP contribution is 2.43. The molecular weight excluding hydrogens is 882 g/mol. The van der Waals surface area contributed by atoms with Crippen LogP contribution in [0.25, 0.3) is 0 Å². The van der Waals surface area contributed by atoms with Crippen LogP contribution in [0.3, 0.4) is 0 Å². The molecule has 0 aliphatic carbocycles. The Balaban J connectivity index is 3.86. The first-order valence-electron chi connectivity index (χ1n) is 29.8. The molecule has 0 heterocycles. The van der Waals surface area contributed by atoms with Crippen molar-refractivity contribution in [1.82, 2.24) is 0 Å². The molecule has 0 radical (unpaired) electrons. The van der Waals surface area contributed by atoms with Crippen LogP contribution < -0.4 is 5.73 Å². The molecule has 0 fully saturated rings. The first kappa shape index (κ1) is 67.5. The Labute approximate surface area is 427 Å². The van der Waals surface area contributed by atoms with Crippen molar-refractivity contribution in [1.29, 1.82) is 0 Å². The topological polar surface area (TPSA) is 134 Å². The lowest BCUT2D eigenvalue weighted by molar-refractivity contribution is -0.161. The molecule has 0 rings (SSSR count). The van der Waals surface area contributed by atoms with E-state index >= 15 is 0 Å². The fourth-order valence-electron chi connectivity index (χ4n) is 8.91. The molecule has 0 saturated carbocycles. The van der Waals surface area contributed by atoms with E-state index in [2.05, 4.69) is 38.2 Å². The zero-order valence-corrected chi connectivity index (χ0v) is 46.5. The third-order valence-electron chi connectivity index (χ3n) is 13.3. The second-order valence-corrected chi connectivity index (χ2v) is 21.7. The summed E-state index contributed by atoms with van der Waals surface area (Å²) in [6.45, 7) is 3.77. The lowest BCUT2D eigenvalue weighted by Crippen LogP contribution is -2.29. The molecule has 0 aromatic heterocycles. The van der Waals surface area contributed by atoms with E-state index in [4.69, 9.17) is 24.3 Å². The van der Waals surface area contributed by atoms with Gasteiger partial charge in [0.1, 0.15) is 6.61 Å². The molecule has 0 aliphatic heterocycles. The quantitative estimate of drug-likeness (QED) is 0.0264. The van der Waals surface area contributed by atoms with E-state index in [0.29, 0.717) is 6.42 Å². The number of allylic oxidation sites excluding steroid dienone is 4. The van der Waals surface area contributed by atoms with Gasteiger partial charge in [0, 0.05) is 19.4 Å². The van der Waals surface area contributed by atoms with Crippen LogP contribution in [0.15, 0.2) is 24.3 Å². The van der Waals surface area contributed by atoms with Crippen LogP contribution >= 0.6 is 7.82 Å². The van der Waals surface area contributed by atoms with Gasteiger partial charge in [-0.25, -0.2) is 4.57 Å². The first-order valence-corrected chi connectivity index (χ1v) is 31.3. The number of carbonyl (C=O) groups is 2. The summed E-state index contributed by atoms with van der Waals surface area (Å²) < 4.78 is 33.0. The predicted octanol–water partition coefficient (Wildman–Crippen LogP) is 18.6. The second kappa shape index (κ2) is 55.8. The summed E-state index contributed by atoms with van der Waals surface area (Å²) in [7, 11) is -4.39. The lowest BCUT2D eigenvalue weighted by Gasteiger charge is -2.19. The predicted molar refractivity (Wildman–Crippen MR) is 294 cm³/mol. The first-order chi connectivity index (χ1) is 33.8. The van der Waals surface area contributed by atoms with E-state index in [1.54, 1.807) is 0 Å². The number of ether oxygens (including phenoxy) is 2. The summed E-state index contributed by atoms with van der Waals surface area (Å²) in [5.74, 6) is -0.820. The number of rotatable bonds is 57. The molecule has 0 amide bonds. The number of nitrogens with two attached hydrogens (primary N) is 1. The molecule has 0 saturated heterocycles. The summed E-state index contributed by atoms with van der Waals surface area (Å²) in [6.07, 6.45) is 65.4. The Kier molecular flexibility index (Phi) is 54.6. The van der Waals surface area contributed by atoms with Gasteiger partial charge in [0.2, 0.25) is 0 Å². The molecule has 9 nitrogen and oxygen atoms in total. The Morgan fingerprint density at radius 2 is 0.754 bits per heavy atom. The lowest BCUT2D eigenvalue weighted by atomic mass is 10.0. The average molecular weight is 997 g/mol. The fourth-order valence-corrected chi connectivity index (χ4v) is 9.67. The molecule has 0 aromatic carbocycles. The van der Waals surface area contributed by atoms with Gasteiger partial charge < -0.3 is 20.1 Å². The average Bonchev–Trinajstić information content (AvgIpc) is 3.34. The molecular formula is C59H114NO8P. The van der Waals surface area contributed by atoms with Crippen molar-refractivity contribution in [2.24, 2.45) is 5.73 Å². The van der Waals surface area contributed by atoms with Crippen LogP contribution in [-0.2, 0) is 32.7 Å². The number of esters is 2. The van der Waals surface area contributed by atoms with Crippen LogP contribution in [0.2, 0.25) is 0 Å². The molecule has 3 N–H and O–H groups in total. The maximum Gasteiger partial charge on any atom is 0.472 e. The van der Waals surface area contributed by atoms with Crippen molar-refractivity contribution >= 4 is 19.8 Å². The van der Waals surface area contributed by atoms with Crippen molar-refractivity contribution in [3.8, 4) is 0 Å².